The second-order valence-electron chi connectivity index (χ2n) is 5.73. The zero-order valence-electron chi connectivity index (χ0n) is 12.3. The average Bonchev–Trinajstić information content (AvgIpc) is 2.46. The number of likely N-dealkylation sites (tertiary alicyclic amines) is 1. The lowest BCUT2D eigenvalue weighted by Gasteiger charge is -2.39. The van der Waals surface area contributed by atoms with E-state index >= 15 is 0 Å². The van der Waals surface area contributed by atoms with Crippen LogP contribution in [0.15, 0.2) is 29.2 Å². The lowest BCUT2D eigenvalue weighted by molar-refractivity contribution is 0.113. The zero-order chi connectivity index (χ0) is 15.5. The van der Waals surface area contributed by atoms with Gasteiger partial charge in [-0.15, -0.1) is 0 Å². The fourth-order valence-corrected chi connectivity index (χ4v) is 4.38. The number of benzene rings is 1. The first-order valence-electron chi connectivity index (χ1n) is 7.36. The van der Waals surface area contributed by atoms with Crippen molar-refractivity contribution in [1.82, 2.24) is 4.90 Å². The van der Waals surface area contributed by atoms with Crippen LogP contribution in [-0.2, 0) is 9.84 Å². The standard InChI is InChI=1S/C15H23ClN2O2S/c1-12-3-2-8-18(15(12)11-17)9-10-21(19,20)14-6-4-13(16)5-7-14/h4-7,12,15H,2-3,8-11,17H2,1H3. The van der Waals surface area contributed by atoms with Crippen molar-refractivity contribution >= 4 is 21.4 Å². The highest BCUT2D eigenvalue weighted by molar-refractivity contribution is 7.91. The third-order valence-corrected chi connectivity index (χ3v) is 6.25. The van der Waals surface area contributed by atoms with Gasteiger partial charge in [0.1, 0.15) is 0 Å². The molecule has 0 radical (unpaired) electrons. The summed E-state index contributed by atoms with van der Waals surface area (Å²) in [7, 11) is -3.27. The fraction of sp³-hybridized carbons (Fsp3) is 0.600. The van der Waals surface area contributed by atoms with Crippen LogP contribution in [0.1, 0.15) is 19.8 Å². The first-order chi connectivity index (χ1) is 9.94. The molecule has 2 rings (SSSR count). The van der Waals surface area contributed by atoms with Crippen LogP contribution in [0.25, 0.3) is 0 Å². The maximum absolute atomic E-state index is 12.4. The summed E-state index contributed by atoms with van der Waals surface area (Å²) < 4.78 is 24.7. The Kier molecular flexibility index (Phi) is 5.66. The topological polar surface area (TPSA) is 63.4 Å². The Balaban J connectivity index is 2.02. The molecule has 0 bridgehead atoms. The molecule has 118 valence electrons. The maximum atomic E-state index is 12.4. The first kappa shape index (κ1) is 16.7. The van der Waals surface area contributed by atoms with E-state index < -0.39 is 9.84 Å². The van der Waals surface area contributed by atoms with Crippen molar-refractivity contribution in [3.63, 3.8) is 0 Å². The van der Waals surface area contributed by atoms with Crippen molar-refractivity contribution in [2.75, 3.05) is 25.4 Å². The Morgan fingerprint density at radius 1 is 1.33 bits per heavy atom. The minimum Gasteiger partial charge on any atom is -0.329 e. The minimum atomic E-state index is -3.27. The van der Waals surface area contributed by atoms with E-state index in [0.717, 1.165) is 13.0 Å². The molecular formula is C15H23ClN2O2S. The van der Waals surface area contributed by atoms with Gasteiger partial charge in [0.15, 0.2) is 9.84 Å². The Morgan fingerprint density at radius 3 is 2.62 bits per heavy atom. The van der Waals surface area contributed by atoms with Crippen molar-refractivity contribution in [1.29, 1.82) is 0 Å². The Hall–Kier alpha value is -0.620. The molecule has 0 saturated carbocycles. The van der Waals surface area contributed by atoms with Crippen molar-refractivity contribution in [2.45, 2.75) is 30.7 Å². The highest BCUT2D eigenvalue weighted by Gasteiger charge is 2.28. The second kappa shape index (κ2) is 7.09. The van der Waals surface area contributed by atoms with E-state index in [9.17, 15) is 8.42 Å². The summed E-state index contributed by atoms with van der Waals surface area (Å²) in [5.74, 6) is 0.652. The van der Waals surface area contributed by atoms with Gasteiger partial charge in [-0.1, -0.05) is 18.5 Å². The molecule has 1 aromatic carbocycles. The lowest BCUT2D eigenvalue weighted by atomic mass is 9.91. The van der Waals surface area contributed by atoms with E-state index in [-0.39, 0.29) is 5.75 Å². The van der Waals surface area contributed by atoms with Crippen LogP contribution >= 0.6 is 11.6 Å². The molecule has 0 spiro atoms. The molecule has 6 heteroatoms. The molecule has 21 heavy (non-hydrogen) atoms. The molecule has 0 aromatic heterocycles. The summed E-state index contributed by atoms with van der Waals surface area (Å²) in [5.41, 5.74) is 5.85. The fourth-order valence-electron chi connectivity index (χ4n) is 2.99. The summed E-state index contributed by atoms with van der Waals surface area (Å²) in [5, 5.41) is 0.544. The normalized spacial score (nSPS) is 24.1. The number of rotatable bonds is 5. The van der Waals surface area contributed by atoms with Gasteiger partial charge in [0, 0.05) is 24.2 Å². The van der Waals surface area contributed by atoms with Gasteiger partial charge in [-0.05, 0) is 49.6 Å². The van der Waals surface area contributed by atoms with E-state index in [4.69, 9.17) is 17.3 Å². The Morgan fingerprint density at radius 2 is 2.00 bits per heavy atom. The molecule has 2 unspecified atom stereocenters. The molecule has 0 aliphatic carbocycles. The highest BCUT2D eigenvalue weighted by Crippen LogP contribution is 2.23. The molecule has 1 aromatic rings. The molecule has 2 N–H and O–H groups in total. The van der Waals surface area contributed by atoms with Gasteiger partial charge < -0.3 is 5.73 Å². The summed E-state index contributed by atoms with van der Waals surface area (Å²) in [6, 6.07) is 6.65. The molecule has 4 nitrogen and oxygen atoms in total. The predicted octanol–water partition coefficient (Wildman–Crippen LogP) is 2.17. The van der Waals surface area contributed by atoms with Crippen LogP contribution in [0.3, 0.4) is 0 Å². The van der Waals surface area contributed by atoms with Gasteiger partial charge in [-0.3, -0.25) is 4.90 Å². The second-order valence-corrected chi connectivity index (χ2v) is 8.28. The van der Waals surface area contributed by atoms with Gasteiger partial charge in [-0.2, -0.15) is 0 Å². The minimum absolute atomic E-state index is 0.123. The van der Waals surface area contributed by atoms with E-state index in [0.29, 0.717) is 35.0 Å². The third-order valence-electron chi connectivity index (χ3n) is 4.29. The summed E-state index contributed by atoms with van der Waals surface area (Å²) in [4.78, 5) is 2.56. The number of hydrogen-bond donors (Lipinski definition) is 1. The van der Waals surface area contributed by atoms with Gasteiger partial charge in [0.05, 0.1) is 10.6 Å². The first-order valence-corrected chi connectivity index (χ1v) is 9.39. The van der Waals surface area contributed by atoms with E-state index in [1.807, 2.05) is 0 Å². The van der Waals surface area contributed by atoms with E-state index in [1.165, 1.54) is 6.42 Å². The number of hydrogen-bond acceptors (Lipinski definition) is 4. The van der Waals surface area contributed by atoms with E-state index in [1.54, 1.807) is 24.3 Å². The monoisotopic (exact) mass is 330 g/mol. The summed E-state index contributed by atoms with van der Waals surface area (Å²) in [6.45, 7) is 4.25. The molecule has 1 aliphatic heterocycles. The van der Waals surface area contributed by atoms with Gasteiger partial charge in [-0.25, -0.2) is 8.42 Å². The zero-order valence-corrected chi connectivity index (χ0v) is 13.9. The van der Waals surface area contributed by atoms with Crippen molar-refractivity contribution < 1.29 is 8.42 Å². The Bertz CT molecular complexity index is 560. The molecular weight excluding hydrogens is 308 g/mol. The van der Waals surface area contributed by atoms with Gasteiger partial charge in [0.25, 0.3) is 0 Å². The predicted molar refractivity (Wildman–Crippen MR) is 86.3 cm³/mol. The molecule has 0 amide bonds. The SMILES string of the molecule is CC1CCCN(CCS(=O)(=O)c2ccc(Cl)cc2)C1CN. The molecule has 1 fully saturated rings. The van der Waals surface area contributed by atoms with E-state index in [2.05, 4.69) is 11.8 Å². The van der Waals surface area contributed by atoms with Crippen LogP contribution in [0, 0.1) is 5.92 Å². The maximum Gasteiger partial charge on any atom is 0.179 e. The largest absolute Gasteiger partial charge is 0.329 e. The number of nitrogens with zero attached hydrogens (tertiary/aromatic N) is 1. The van der Waals surface area contributed by atoms with Gasteiger partial charge >= 0.3 is 0 Å². The van der Waals surface area contributed by atoms with Crippen LogP contribution in [-0.4, -0.2) is 44.7 Å². The van der Waals surface area contributed by atoms with Gasteiger partial charge in [0.2, 0.25) is 0 Å². The lowest BCUT2D eigenvalue weighted by Crippen LogP contribution is -2.49. The number of sulfone groups is 1. The molecule has 2 atom stereocenters. The summed E-state index contributed by atoms with van der Waals surface area (Å²) in [6.07, 6.45) is 2.28. The van der Waals surface area contributed by atoms with Crippen molar-refractivity contribution in [3.8, 4) is 0 Å². The van der Waals surface area contributed by atoms with Crippen LogP contribution in [0.5, 0.6) is 0 Å². The third kappa shape index (κ3) is 4.19. The smallest absolute Gasteiger partial charge is 0.179 e. The molecule has 1 aliphatic rings. The number of piperidine rings is 1. The average molecular weight is 331 g/mol. The molecule has 1 saturated heterocycles. The van der Waals surface area contributed by atoms with Crippen LogP contribution in [0.2, 0.25) is 5.02 Å². The highest BCUT2D eigenvalue weighted by atomic mass is 35.5. The number of halogens is 1. The Labute approximate surface area is 132 Å². The van der Waals surface area contributed by atoms with Crippen molar-refractivity contribution in [2.24, 2.45) is 11.7 Å². The van der Waals surface area contributed by atoms with Crippen LogP contribution in [0.4, 0.5) is 0 Å². The van der Waals surface area contributed by atoms with Crippen molar-refractivity contribution in [3.05, 3.63) is 29.3 Å². The quantitative estimate of drug-likeness (QED) is 0.898. The van der Waals surface area contributed by atoms with Crippen LogP contribution < -0.4 is 5.73 Å². The number of nitrogens with two attached hydrogens (primary N) is 1. The summed E-state index contributed by atoms with van der Waals surface area (Å²) >= 11 is 5.80. The molecule has 1 heterocycles.